The Morgan fingerprint density at radius 3 is 2.95 bits per heavy atom. The van der Waals surface area contributed by atoms with Gasteiger partial charge in [0.2, 0.25) is 0 Å². The van der Waals surface area contributed by atoms with Gasteiger partial charge in [0.25, 0.3) is 0 Å². The molecule has 1 unspecified atom stereocenters. The second kappa shape index (κ2) is 5.66. The summed E-state index contributed by atoms with van der Waals surface area (Å²) in [5.41, 5.74) is 2.68. The molecule has 0 saturated heterocycles. The molecule has 0 fully saturated rings. The first-order valence-electron chi connectivity index (χ1n) is 6.99. The van der Waals surface area contributed by atoms with Crippen LogP contribution in [0.4, 0.5) is 0 Å². The van der Waals surface area contributed by atoms with Crippen molar-refractivity contribution in [2.75, 3.05) is 0 Å². The number of nitrogens with zero attached hydrogens (tertiary/aromatic N) is 2. The lowest BCUT2D eigenvalue weighted by molar-refractivity contribution is 0.180. The van der Waals surface area contributed by atoms with Crippen LogP contribution in [0.3, 0.4) is 0 Å². The number of aliphatic hydroxyl groups excluding tert-OH is 1. The van der Waals surface area contributed by atoms with Gasteiger partial charge in [-0.2, -0.15) is 5.10 Å². The van der Waals surface area contributed by atoms with Crippen molar-refractivity contribution >= 4 is 26.9 Å². The van der Waals surface area contributed by atoms with E-state index in [9.17, 15) is 5.11 Å². The fourth-order valence-corrected chi connectivity index (χ4v) is 3.00. The summed E-state index contributed by atoms with van der Waals surface area (Å²) < 4.78 is 8.39. The SMILES string of the molecule is CCCn1ncc(Br)c1C(O)c1cc2cc(C)ccc2o1. The van der Waals surface area contributed by atoms with E-state index < -0.39 is 6.10 Å². The Bertz CT molecular complexity index is 776. The van der Waals surface area contributed by atoms with E-state index in [-0.39, 0.29) is 0 Å². The van der Waals surface area contributed by atoms with Crippen LogP contribution in [0, 0.1) is 6.92 Å². The van der Waals surface area contributed by atoms with E-state index in [0.29, 0.717) is 5.76 Å². The minimum Gasteiger partial charge on any atom is -0.458 e. The standard InChI is InChI=1S/C16H17BrN2O2/c1-3-6-19-15(12(17)9-18-19)16(20)14-8-11-7-10(2)4-5-13(11)21-14/h4-5,7-9,16,20H,3,6H2,1-2H3. The van der Waals surface area contributed by atoms with Crippen LogP contribution in [0.5, 0.6) is 0 Å². The summed E-state index contributed by atoms with van der Waals surface area (Å²) in [7, 11) is 0. The molecule has 0 radical (unpaired) electrons. The number of aromatic nitrogens is 2. The maximum Gasteiger partial charge on any atom is 0.154 e. The molecule has 110 valence electrons. The zero-order valence-corrected chi connectivity index (χ0v) is 13.6. The lowest BCUT2D eigenvalue weighted by Gasteiger charge is -2.11. The third kappa shape index (κ3) is 2.63. The number of halogens is 1. The predicted octanol–water partition coefficient (Wildman–Crippen LogP) is 4.19. The Balaban J connectivity index is 2.03. The number of hydrogen-bond donors (Lipinski definition) is 1. The van der Waals surface area contributed by atoms with Gasteiger partial charge in [-0.25, -0.2) is 0 Å². The number of hydrogen-bond acceptors (Lipinski definition) is 3. The minimum atomic E-state index is -0.832. The highest BCUT2D eigenvalue weighted by Gasteiger charge is 2.22. The van der Waals surface area contributed by atoms with E-state index in [4.69, 9.17) is 4.42 Å². The number of benzene rings is 1. The molecule has 0 aliphatic heterocycles. The molecule has 0 bridgehead atoms. The first-order valence-corrected chi connectivity index (χ1v) is 7.78. The predicted molar refractivity (Wildman–Crippen MR) is 85.2 cm³/mol. The molecule has 2 aromatic heterocycles. The molecule has 1 N–H and O–H groups in total. The van der Waals surface area contributed by atoms with Gasteiger partial charge in [0.15, 0.2) is 6.10 Å². The summed E-state index contributed by atoms with van der Waals surface area (Å²) in [5.74, 6) is 0.536. The molecule has 2 heterocycles. The van der Waals surface area contributed by atoms with Gasteiger partial charge >= 0.3 is 0 Å². The van der Waals surface area contributed by atoms with Crippen LogP contribution in [-0.2, 0) is 6.54 Å². The molecule has 4 nitrogen and oxygen atoms in total. The van der Waals surface area contributed by atoms with Gasteiger partial charge in [0.1, 0.15) is 11.3 Å². The van der Waals surface area contributed by atoms with Gasteiger partial charge in [-0.15, -0.1) is 0 Å². The molecule has 21 heavy (non-hydrogen) atoms. The molecule has 0 spiro atoms. The van der Waals surface area contributed by atoms with Crippen LogP contribution < -0.4 is 0 Å². The third-order valence-electron chi connectivity index (χ3n) is 3.49. The normalized spacial score (nSPS) is 13.0. The minimum absolute atomic E-state index is 0.536. The number of furan rings is 1. The molecule has 5 heteroatoms. The van der Waals surface area contributed by atoms with Crippen LogP contribution in [0.25, 0.3) is 11.0 Å². The van der Waals surface area contributed by atoms with E-state index in [1.807, 2.05) is 35.9 Å². The summed E-state index contributed by atoms with van der Waals surface area (Å²) in [6, 6.07) is 7.87. The first-order chi connectivity index (χ1) is 10.1. The Morgan fingerprint density at radius 2 is 2.19 bits per heavy atom. The average Bonchev–Trinajstić information content (AvgIpc) is 3.02. The quantitative estimate of drug-likeness (QED) is 0.768. The van der Waals surface area contributed by atoms with Gasteiger partial charge in [0, 0.05) is 11.9 Å². The van der Waals surface area contributed by atoms with Crippen molar-refractivity contribution in [3.63, 3.8) is 0 Å². The Hall–Kier alpha value is -1.59. The highest BCUT2D eigenvalue weighted by molar-refractivity contribution is 9.10. The Labute approximate surface area is 131 Å². The second-order valence-electron chi connectivity index (χ2n) is 5.19. The van der Waals surface area contributed by atoms with E-state index in [1.54, 1.807) is 6.20 Å². The second-order valence-corrected chi connectivity index (χ2v) is 6.05. The molecular weight excluding hydrogens is 332 g/mol. The molecule has 0 aliphatic carbocycles. The largest absolute Gasteiger partial charge is 0.458 e. The van der Waals surface area contributed by atoms with Crippen molar-refractivity contribution in [3.05, 3.63) is 52.0 Å². The van der Waals surface area contributed by atoms with Crippen LogP contribution in [0.2, 0.25) is 0 Å². The summed E-state index contributed by atoms with van der Waals surface area (Å²) in [6.07, 6.45) is 1.83. The Kier molecular flexibility index (Phi) is 3.87. The number of rotatable bonds is 4. The molecule has 3 aromatic rings. The molecule has 0 aliphatic rings. The van der Waals surface area contributed by atoms with E-state index in [0.717, 1.165) is 34.1 Å². The summed E-state index contributed by atoms with van der Waals surface area (Å²) >= 11 is 3.46. The fraction of sp³-hybridized carbons (Fsp3) is 0.312. The zero-order valence-electron chi connectivity index (χ0n) is 12.0. The van der Waals surface area contributed by atoms with Gasteiger partial charge < -0.3 is 9.52 Å². The fourth-order valence-electron chi connectivity index (χ4n) is 2.49. The van der Waals surface area contributed by atoms with Crippen LogP contribution in [-0.4, -0.2) is 14.9 Å². The zero-order chi connectivity index (χ0) is 15.0. The van der Waals surface area contributed by atoms with Gasteiger partial charge in [-0.3, -0.25) is 4.68 Å². The summed E-state index contributed by atoms with van der Waals surface area (Å²) in [5, 5.41) is 15.9. The van der Waals surface area contributed by atoms with Gasteiger partial charge in [0.05, 0.1) is 16.4 Å². The molecule has 1 atom stereocenters. The number of fused-ring (bicyclic) bond motifs is 1. The van der Waals surface area contributed by atoms with Gasteiger partial charge in [-0.05, 0) is 47.5 Å². The van der Waals surface area contributed by atoms with Crippen molar-refractivity contribution in [1.29, 1.82) is 0 Å². The lowest BCUT2D eigenvalue weighted by Crippen LogP contribution is -2.10. The smallest absolute Gasteiger partial charge is 0.154 e. The number of aryl methyl sites for hydroxylation is 2. The first kappa shape index (κ1) is 14.4. The van der Waals surface area contributed by atoms with Crippen LogP contribution >= 0.6 is 15.9 Å². The lowest BCUT2D eigenvalue weighted by atomic mass is 10.1. The highest BCUT2D eigenvalue weighted by atomic mass is 79.9. The monoisotopic (exact) mass is 348 g/mol. The third-order valence-corrected chi connectivity index (χ3v) is 4.10. The number of aliphatic hydroxyl groups is 1. The topological polar surface area (TPSA) is 51.2 Å². The van der Waals surface area contributed by atoms with E-state index in [2.05, 4.69) is 28.0 Å². The van der Waals surface area contributed by atoms with Crippen LogP contribution in [0.15, 0.2) is 39.4 Å². The molecular formula is C16H17BrN2O2. The maximum absolute atomic E-state index is 10.7. The van der Waals surface area contributed by atoms with Crippen molar-refractivity contribution in [3.8, 4) is 0 Å². The molecule has 0 saturated carbocycles. The van der Waals surface area contributed by atoms with Gasteiger partial charge in [-0.1, -0.05) is 18.6 Å². The van der Waals surface area contributed by atoms with Crippen molar-refractivity contribution in [2.24, 2.45) is 0 Å². The van der Waals surface area contributed by atoms with Crippen molar-refractivity contribution < 1.29 is 9.52 Å². The average molecular weight is 349 g/mol. The van der Waals surface area contributed by atoms with E-state index >= 15 is 0 Å². The van der Waals surface area contributed by atoms with Crippen molar-refractivity contribution in [2.45, 2.75) is 32.9 Å². The molecule has 0 amide bonds. The van der Waals surface area contributed by atoms with Crippen LogP contribution in [0.1, 0.15) is 36.5 Å². The Morgan fingerprint density at radius 1 is 1.38 bits per heavy atom. The van der Waals surface area contributed by atoms with E-state index in [1.165, 1.54) is 5.56 Å². The molecule has 3 rings (SSSR count). The maximum atomic E-state index is 10.7. The highest BCUT2D eigenvalue weighted by Crippen LogP contribution is 2.32. The summed E-state index contributed by atoms with van der Waals surface area (Å²) in [6.45, 7) is 4.88. The molecule has 1 aromatic carbocycles. The van der Waals surface area contributed by atoms with Crippen molar-refractivity contribution in [1.82, 2.24) is 9.78 Å². The summed E-state index contributed by atoms with van der Waals surface area (Å²) in [4.78, 5) is 0.